The minimum absolute atomic E-state index is 0.270. The highest BCUT2D eigenvalue weighted by atomic mass is 16.5. The number of fused-ring (bicyclic) bond motifs is 1. The van der Waals surface area contributed by atoms with Gasteiger partial charge in [-0.25, -0.2) is 4.98 Å². The van der Waals surface area contributed by atoms with Crippen LogP contribution >= 0.6 is 0 Å². The molecule has 1 amide bonds. The highest BCUT2D eigenvalue weighted by molar-refractivity contribution is 6.04. The zero-order valence-corrected chi connectivity index (χ0v) is 14.1. The first-order chi connectivity index (χ1) is 12.2. The van der Waals surface area contributed by atoms with Crippen LogP contribution in [-0.2, 0) is 6.42 Å². The van der Waals surface area contributed by atoms with Gasteiger partial charge in [0, 0.05) is 11.9 Å². The molecule has 6 nitrogen and oxygen atoms in total. The number of aryl methyl sites for hydroxylation is 1. The van der Waals surface area contributed by atoms with Crippen LogP contribution in [0.5, 0.6) is 5.75 Å². The first-order valence-electron chi connectivity index (χ1n) is 8.12. The van der Waals surface area contributed by atoms with Crippen molar-refractivity contribution >= 4 is 17.2 Å². The van der Waals surface area contributed by atoms with Crippen molar-refractivity contribution in [3.8, 4) is 11.8 Å². The fourth-order valence-electron chi connectivity index (χ4n) is 2.70. The largest absolute Gasteiger partial charge is 0.490 e. The van der Waals surface area contributed by atoms with Gasteiger partial charge in [0.05, 0.1) is 23.9 Å². The van der Waals surface area contributed by atoms with Crippen LogP contribution < -0.4 is 10.1 Å². The summed E-state index contributed by atoms with van der Waals surface area (Å²) < 4.78 is 7.35. The van der Waals surface area contributed by atoms with E-state index in [4.69, 9.17) is 10.00 Å². The number of carbonyl (C=O) groups is 1. The Hall–Kier alpha value is -3.33. The molecule has 0 aliphatic heterocycles. The molecule has 0 saturated heterocycles. The topological polar surface area (TPSA) is 79.4 Å². The zero-order valence-electron chi connectivity index (χ0n) is 14.1. The van der Waals surface area contributed by atoms with Crippen LogP contribution in [0.4, 0.5) is 5.69 Å². The number of rotatable bonds is 5. The maximum absolute atomic E-state index is 12.8. The molecule has 0 atom stereocenters. The number of benzene rings is 1. The Morgan fingerprint density at radius 2 is 2.16 bits per heavy atom. The standard InChI is InChI=1S/C19H18N4O2/c1-3-15-17(19(24)21-14-8-5-7-13(11-14)12-20)23-10-6-9-16(25-4-2)18(23)22-15/h5-11H,3-4H2,1-2H3,(H,21,24). The molecule has 0 aliphatic rings. The Labute approximate surface area is 145 Å². The second kappa shape index (κ2) is 7.05. The number of nitrogens with one attached hydrogen (secondary N) is 1. The van der Waals surface area contributed by atoms with Gasteiger partial charge >= 0.3 is 0 Å². The second-order valence-corrected chi connectivity index (χ2v) is 5.41. The lowest BCUT2D eigenvalue weighted by Gasteiger charge is -2.08. The lowest BCUT2D eigenvalue weighted by molar-refractivity contribution is 0.102. The summed E-state index contributed by atoms with van der Waals surface area (Å²) in [4.78, 5) is 17.4. The highest BCUT2D eigenvalue weighted by Gasteiger charge is 2.20. The molecule has 3 rings (SSSR count). The van der Waals surface area contributed by atoms with Crippen molar-refractivity contribution in [3.05, 3.63) is 59.5 Å². The molecule has 2 aromatic heterocycles. The maximum Gasteiger partial charge on any atom is 0.274 e. The SMILES string of the molecule is CCOc1cccn2c(C(=O)Nc3cccc(C#N)c3)c(CC)nc12. The molecule has 6 heteroatoms. The predicted octanol–water partition coefficient (Wildman–Crippen LogP) is 3.42. The lowest BCUT2D eigenvalue weighted by Crippen LogP contribution is -2.16. The number of anilines is 1. The molecule has 0 bridgehead atoms. The Bertz CT molecular complexity index is 969. The van der Waals surface area contributed by atoms with E-state index in [-0.39, 0.29) is 5.91 Å². The van der Waals surface area contributed by atoms with Gasteiger partial charge in [-0.15, -0.1) is 0 Å². The van der Waals surface area contributed by atoms with E-state index in [0.717, 1.165) is 0 Å². The number of pyridine rings is 1. The summed E-state index contributed by atoms with van der Waals surface area (Å²) in [5.74, 6) is 0.373. The van der Waals surface area contributed by atoms with Gasteiger partial charge in [0.2, 0.25) is 0 Å². The average molecular weight is 334 g/mol. The molecular weight excluding hydrogens is 316 g/mol. The maximum atomic E-state index is 12.8. The molecule has 25 heavy (non-hydrogen) atoms. The number of ether oxygens (including phenoxy) is 1. The number of aromatic nitrogens is 2. The Kier molecular flexibility index (Phi) is 4.66. The van der Waals surface area contributed by atoms with Crippen molar-refractivity contribution < 1.29 is 9.53 Å². The van der Waals surface area contributed by atoms with E-state index in [1.54, 1.807) is 34.9 Å². The van der Waals surface area contributed by atoms with Crippen LogP contribution in [0.1, 0.15) is 35.6 Å². The lowest BCUT2D eigenvalue weighted by atomic mass is 10.2. The molecule has 3 aromatic rings. The number of carbonyl (C=O) groups excluding carboxylic acids is 1. The smallest absolute Gasteiger partial charge is 0.274 e. The van der Waals surface area contributed by atoms with E-state index >= 15 is 0 Å². The number of nitriles is 1. The van der Waals surface area contributed by atoms with Gasteiger partial charge in [-0.3, -0.25) is 9.20 Å². The third-order valence-electron chi connectivity index (χ3n) is 3.79. The summed E-state index contributed by atoms with van der Waals surface area (Å²) in [7, 11) is 0. The minimum atomic E-state index is -0.270. The molecule has 0 radical (unpaired) electrons. The molecule has 1 N–H and O–H groups in total. The minimum Gasteiger partial charge on any atom is -0.490 e. The van der Waals surface area contributed by atoms with Crippen LogP contribution in [0.2, 0.25) is 0 Å². The van der Waals surface area contributed by atoms with Gasteiger partial charge < -0.3 is 10.1 Å². The molecule has 0 spiro atoms. The highest BCUT2D eigenvalue weighted by Crippen LogP contribution is 2.23. The number of hydrogen-bond acceptors (Lipinski definition) is 4. The van der Waals surface area contributed by atoms with Crippen molar-refractivity contribution in [1.82, 2.24) is 9.38 Å². The van der Waals surface area contributed by atoms with Crippen LogP contribution in [0.15, 0.2) is 42.6 Å². The number of amides is 1. The number of imidazole rings is 1. The number of hydrogen-bond donors (Lipinski definition) is 1. The van der Waals surface area contributed by atoms with E-state index < -0.39 is 0 Å². The van der Waals surface area contributed by atoms with Crippen LogP contribution in [-0.4, -0.2) is 21.9 Å². The number of nitrogens with zero attached hydrogens (tertiary/aromatic N) is 3. The van der Waals surface area contributed by atoms with E-state index in [1.807, 2.05) is 26.0 Å². The van der Waals surface area contributed by atoms with E-state index in [0.29, 0.717) is 47.1 Å². The monoisotopic (exact) mass is 334 g/mol. The summed E-state index contributed by atoms with van der Waals surface area (Å²) in [5.41, 5.74) is 2.85. The third kappa shape index (κ3) is 3.17. The van der Waals surface area contributed by atoms with Crippen LogP contribution in [0, 0.1) is 11.3 Å². The second-order valence-electron chi connectivity index (χ2n) is 5.41. The summed E-state index contributed by atoms with van der Waals surface area (Å²) in [5, 5.41) is 11.8. The van der Waals surface area contributed by atoms with Crippen molar-refractivity contribution in [2.24, 2.45) is 0 Å². The summed E-state index contributed by atoms with van der Waals surface area (Å²) in [6.07, 6.45) is 2.42. The first-order valence-corrected chi connectivity index (χ1v) is 8.12. The van der Waals surface area contributed by atoms with E-state index in [2.05, 4.69) is 16.4 Å². The van der Waals surface area contributed by atoms with Crippen molar-refractivity contribution in [2.45, 2.75) is 20.3 Å². The predicted molar refractivity (Wildman–Crippen MR) is 94.8 cm³/mol. The molecule has 0 unspecified atom stereocenters. The Balaban J connectivity index is 2.03. The first kappa shape index (κ1) is 16.5. The van der Waals surface area contributed by atoms with E-state index in [9.17, 15) is 4.79 Å². The van der Waals surface area contributed by atoms with Crippen LogP contribution in [0.25, 0.3) is 5.65 Å². The normalized spacial score (nSPS) is 10.4. The summed E-state index contributed by atoms with van der Waals surface area (Å²) in [6.45, 7) is 4.38. The molecule has 0 aliphatic carbocycles. The molecule has 2 heterocycles. The molecule has 126 valence electrons. The molecule has 1 aromatic carbocycles. The fraction of sp³-hybridized carbons (Fsp3) is 0.211. The van der Waals surface area contributed by atoms with Crippen molar-refractivity contribution in [2.75, 3.05) is 11.9 Å². The van der Waals surface area contributed by atoms with Crippen molar-refractivity contribution in [3.63, 3.8) is 0 Å². The molecule has 0 fully saturated rings. The summed E-state index contributed by atoms with van der Waals surface area (Å²) in [6, 6.07) is 12.5. The van der Waals surface area contributed by atoms with Gasteiger partial charge in [0.15, 0.2) is 11.4 Å². The fourth-order valence-corrected chi connectivity index (χ4v) is 2.70. The zero-order chi connectivity index (χ0) is 17.8. The quantitative estimate of drug-likeness (QED) is 0.775. The van der Waals surface area contributed by atoms with Gasteiger partial charge in [-0.05, 0) is 43.7 Å². The molecule has 0 saturated carbocycles. The van der Waals surface area contributed by atoms with E-state index in [1.165, 1.54) is 0 Å². The van der Waals surface area contributed by atoms with Gasteiger partial charge in [-0.2, -0.15) is 5.26 Å². The molecular formula is C19H18N4O2. The van der Waals surface area contributed by atoms with Gasteiger partial charge in [0.25, 0.3) is 5.91 Å². The van der Waals surface area contributed by atoms with Gasteiger partial charge in [-0.1, -0.05) is 13.0 Å². The average Bonchev–Trinajstić information content (AvgIpc) is 3.02. The summed E-state index contributed by atoms with van der Waals surface area (Å²) >= 11 is 0. The Morgan fingerprint density at radius 3 is 2.88 bits per heavy atom. The van der Waals surface area contributed by atoms with Crippen LogP contribution in [0.3, 0.4) is 0 Å². The Morgan fingerprint density at radius 1 is 1.32 bits per heavy atom. The van der Waals surface area contributed by atoms with Gasteiger partial charge in [0.1, 0.15) is 5.69 Å². The third-order valence-corrected chi connectivity index (χ3v) is 3.79. The van der Waals surface area contributed by atoms with Crippen molar-refractivity contribution in [1.29, 1.82) is 5.26 Å².